The van der Waals surface area contributed by atoms with Crippen molar-refractivity contribution in [1.29, 1.82) is 0 Å². The molecule has 74 valence electrons. The molecule has 0 aliphatic heterocycles. The van der Waals surface area contributed by atoms with Crippen LogP contribution in [0.15, 0.2) is 30.8 Å². The number of hydrogen-bond donors (Lipinski definition) is 2. The first-order chi connectivity index (χ1) is 6.63. The molecule has 14 heavy (non-hydrogen) atoms. The summed E-state index contributed by atoms with van der Waals surface area (Å²) in [5, 5.41) is 2.66. The van der Waals surface area contributed by atoms with Crippen molar-refractivity contribution in [3.05, 3.63) is 36.4 Å². The molecule has 3 nitrogen and oxygen atoms in total. The number of rotatable bonds is 3. The van der Waals surface area contributed by atoms with Crippen LogP contribution in [0.4, 0.5) is 5.69 Å². The van der Waals surface area contributed by atoms with Gasteiger partial charge in [0.15, 0.2) is 0 Å². The van der Waals surface area contributed by atoms with Crippen molar-refractivity contribution in [3.63, 3.8) is 0 Å². The van der Waals surface area contributed by atoms with E-state index in [0.29, 0.717) is 0 Å². The van der Waals surface area contributed by atoms with Crippen molar-refractivity contribution in [2.45, 2.75) is 6.92 Å². The minimum absolute atomic E-state index is 0.00222. The lowest BCUT2D eigenvalue weighted by molar-refractivity contribution is -0.114. The maximum atomic E-state index is 10.9. The van der Waals surface area contributed by atoms with Crippen molar-refractivity contribution in [1.82, 2.24) is 0 Å². The van der Waals surface area contributed by atoms with Crippen molar-refractivity contribution >= 4 is 17.2 Å². The second-order valence-corrected chi connectivity index (χ2v) is 3.11. The molecular formula is C11H14N2O. The van der Waals surface area contributed by atoms with Gasteiger partial charge in [-0.1, -0.05) is 24.3 Å². The zero-order chi connectivity index (χ0) is 10.6. The van der Waals surface area contributed by atoms with Crippen LogP contribution in [0.1, 0.15) is 12.5 Å². The molecule has 0 bridgehead atoms. The molecule has 3 N–H and O–H groups in total. The predicted molar refractivity (Wildman–Crippen MR) is 58.8 cm³/mol. The van der Waals surface area contributed by atoms with Crippen molar-refractivity contribution < 1.29 is 4.79 Å². The van der Waals surface area contributed by atoms with Crippen LogP contribution in [0, 0.1) is 0 Å². The van der Waals surface area contributed by atoms with E-state index in [-0.39, 0.29) is 12.5 Å². The second-order valence-electron chi connectivity index (χ2n) is 3.11. The zero-order valence-electron chi connectivity index (χ0n) is 8.21. The number of nitrogens with two attached hydrogens (primary N) is 1. The number of nitrogens with one attached hydrogen (secondary N) is 1. The van der Waals surface area contributed by atoms with Crippen LogP contribution in [0.5, 0.6) is 0 Å². The molecule has 0 atom stereocenters. The van der Waals surface area contributed by atoms with E-state index in [1.165, 1.54) is 0 Å². The van der Waals surface area contributed by atoms with E-state index in [1.807, 2.05) is 31.2 Å². The van der Waals surface area contributed by atoms with Gasteiger partial charge in [-0.05, 0) is 24.6 Å². The Balaban J connectivity index is 2.73. The minimum Gasteiger partial charge on any atom is -0.325 e. The average Bonchev–Trinajstić information content (AvgIpc) is 2.18. The molecule has 0 spiro atoms. The van der Waals surface area contributed by atoms with Crippen LogP contribution < -0.4 is 11.1 Å². The molecule has 1 rings (SSSR count). The molecule has 0 saturated carbocycles. The molecule has 1 amide bonds. The molecule has 0 heterocycles. The highest BCUT2D eigenvalue weighted by Gasteiger charge is 1.98. The number of hydrogen-bond acceptors (Lipinski definition) is 2. The number of carbonyl (C=O) groups is 1. The fourth-order valence-electron chi connectivity index (χ4n) is 1.05. The Labute approximate surface area is 83.6 Å². The largest absolute Gasteiger partial charge is 0.325 e. The number of amides is 1. The van der Waals surface area contributed by atoms with Gasteiger partial charge in [0, 0.05) is 5.69 Å². The molecule has 0 fully saturated rings. The van der Waals surface area contributed by atoms with Gasteiger partial charge in [0.05, 0.1) is 6.54 Å². The average molecular weight is 190 g/mol. The first-order valence-corrected chi connectivity index (χ1v) is 4.39. The number of carbonyl (C=O) groups excluding carboxylic acids is 1. The number of benzene rings is 1. The van der Waals surface area contributed by atoms with E-state index in [0.717, 1.165) is 16.8 Å². The third-order valence-electron chi connectivity index (χ3n) is 1.85. The van der Waals surface area contributed by atoms with Crippen LogP contribution in [-0.4, -0.2) is 12.5 Å². The number of allylic oxidation sites excluding steroid dienone is 1. The van der Waals surface area contributed by atoms with Crippen LogP contribution in [0.2, 0.25) is 0 Å². The van der Waals surface area contributed by atoms with E-state index in [1.54, 1.807) is 0 Å². The van der Waals surface area contributed by atoms with E-state index < -0.39 is 0 Å². The highest BCUT2D eigenvalue weighted by Crippen LogP contribution is 2.14. The summed E-state index contributed by atoms with van der Waals surface area (Å²) in [6.07, 6.45) is 0. The van der Waals surface area contributed by atoms with E-state index in [4.69, 9.17) is 5.73 Å². The molecule has 0 unspecified atom stereocenters. The van der Waals surface area contributed by atoms with Crippen molar-refractivity contribution in [2.24, 2.45) is 5.73 Å². The first-order valence-electron chi connectivity index (χ1n) is 4.39. The lowest BCUT2D eigenvalue weighted by atomic mass is 10.1. The molecular weight excluding hydrogens is 176 g/mol. The van der Waals surface area contributed by atoms with Gasteiger partial charge in [0.2, 0.25) is 5.91 Å². The number of anilines is 1. The van der Waals surface area contributed by atoms with Gasteiger partial charge in [-0.15, -0.1) is 0 Å². The van der Waals surface area contributed by atoms with Crippen LogP contribution in [0.3, 0.4) is 0 Å². The van der Waals surface area contributed by atoms with E-state index in [2.05, 4.69) is 11.9 Å². The Hall–Kier alpha value is -1.61. The monoisotopic (exact) mass is 190 g/mol. The van der Waals surface area contributed by atoms with Crippen molar-refractivity contribution in [3.8, 4) is 0 Å². The topological polar surface area (TPSA) is 55.1 Å². The summed E-state index contributed by atoms with van der Waals surface area (Å²) in [6.45, 7) is 5.76. The standard InChI is InChI=1S/C11H14N2O/c1-8(2)9-3-5-10(6-4-9)13-11(14)7-12/h3-6H,1,7,12H2,2H3,(H,13,14). The lowest BCUT2D eigenvalue weighted by Crippen LogP contribution is -2.21. The highest BCUT2D eigenvalue weighted by atomic mass is 16.1. The van der Waals surface area contributed by atoms with E-state index in [9.17, 15) is 4.79 Å². The molecule has 0 radical (unpaired) electrons. The van der Waals surface area contributed by atoms with Crippen molar-refractivity contribution in [2.75, 3.05) is 11.9 Å². The van der Waals surface area contributed by atoms with Gasteiger partial charge < -0.3 is 11.1 Å². The molecule has 1 aromatic rings. The maximum absolute atomic E-state index is 10.9. The van der Waals surface area contributed by atoms with Gasteiger partial charge in [-0.25, -0.2) is 0 Å². The molecule has 1 aromatic carbocycles. The molecule has 0 aromatic heterocycles. The summed E-state index contributed by atoms with van der Waals surface area (Å²) in [5.41, 5.74) is 7.99. The Morgan fingerprint density at radius 3 is 2.43 bits per heavy atom. The van der Waals surface area contributed by atoms with E-state index >= 15 is 0 Å². The predicted octanol–water partition coefficient (Wildman–Crippen LogP) is 1.62. The van der Waals surface area contributed by atoms with Gasteiger partial charge >= 0.3 is 0 Å². The van der Waals surface area contributed by atoms with Gasteiger partial charge in [-0.2, -0.15) is 0 Å². The zero-order valence-corrected chi connectivity index (χ0v) is 8.21. The van der Waals surface area contributed by atoms with Crippen LogP contribution in [0.25, 0.3) is 5.57 Å². The summed E-state index contributed by atoms with van der Waals surface area (Å²) in [7, 11) is 0. The fourth-order valence-corrected chi connectivity index (χ4v) is 1.05. The van der Waals surface area contributed by atoms with Gasteiger partial charge in [0.1, 0.15) is 0 Å². The van der Waals surface area contributed by atoms with Gasteiger partial charge in [0.25, 0.3) is 0 Å². The molecule has 0 aliphatic carbocycles. The Morgan fingerprint density at radius 2 is 2.00 bits per heavy atom. The summed E-state index contributed by atoms with van der Waals surface area (Å²) in [4.78, 5) is 10.9. The Morgan fingerprint density at radius 1 is 1.43 bits per heavy atom. The quantitative estimate of drug-likeness (QED) is 0.761. The van der Waals surface area contributed by atoms with Crippen LogP contribution >= 0.6 is 0 Å². The van der Waals surface area contributed by atoms with Gasteiger partial charge in [-0.3, -0.25) is 4.79 Å². The summed E-state index contributed by atoms with van der Waals surface area (Å²) in [5.74, 6) is -0.187. The normalized spacial score (nSPS) is 9.57. The minimum atomic E-state index is -0.187. The second kappa shape index (κ2) is 4.58. The SMILES string of the molecule is C=C(C)c1ccc(NC(=O)CN)cc1. The Bertz CT molecular complexity index is 341. The third kappa shape index (κ3) is 2.71. The smallest absolute Gasteiger partial charge is 0.238 e. The molecule has 0 aliphatic rings. The molecule has 3 heteroatoms. The summed E-state index contributed by atoms with van der Waals surface area (Å²) in [6, 6.07) is 7.48. The fraction of sp³-hybridized carbons (Fsp3) is 0.182. The molecule has 0 saturated heterocycles. The van der Waals surface area contributed by atoms with Crippen LogP contribution in [-0.2, 0) is 4.79 Å². The Kier molecular flexibility index (Phi) is 3.42. The lowest BCUT2D eigenvalue weighted by Gasteiger charge is -2.04. The summed E-state index contributed by atoms with van der Waals surface area (Å²) >= 11 is 0. The third-order valence-corrected chi connectivity index (χ3v) is 1.85. The first kappa shape index (κ1) is 10.5. The highest BCUT2D eigenvalue weighted by molar-refractivity contribution is 5.92. The maximum Gasteiger partial charge on any atom is 0.238 e. The summed E-state index contributed by atoms with van der Waals surface area (Å²) < 4.78 is 0.